The zero-order valence-electron chi connectivity index (χ0n) is 14.4. The maximum Gasteiger partial charge on any atom is 0.407 e. The average Bonchev–Trinajstić information content (AvgIpc) is 2.89. The van der Waals surface area contributed by atoms with E-state index in [-0.39, 0.29) is 19.8 Å². The Kier molecular flexibility index (Phi) is 6.39. The summed E-state index contributed by atoms with van der Waals surface area (Å²) in [7, 11) is -3.66. The van der Waals surface area contributed by atoms with Crippen LogP contribution in [0.25, 0.3) is 0 Å². The zero-order chi connectivity index (χ0) is 18.5. The van der Waals surface area contributed by atoms with Gasteiger partial charge in [0, 0.05) is 0 Å². The Morgan fingerprint density at radius 3 is 2.60 bits per heavy atom. The molecule has 1 aliphatic rings. The predicted molar refractivity (Wildman–Crippen MR) is 89.3 cm³/mol. The van der Waals surface area contributed by atoms with Crippen molar-refractivity contribution in [1.29, 1.82) is 0 Å². The maximum absolute atomic E-state index is 12.0. The van der Waals surface area contributed by atoms with E-state index in [1.165, 1.54) is 0 Å². The molecule has 0 spiro atoms. The van der Waals surface area contributed by atoms with Crippen molar-refractivity contribution >= 4 is 16.2 Å². The maximum atomic E-state index is 12.0. The molecule has 8 nitrogen and oxygen atoms in total. The predicted octanol–water partition coefficient (Wildman–Crippen LogP) is 1.41. The van der Waals surface area contributed by atoms with Crippen molar-refractivity contribution in [3.05, 3.63) is 35.9 Å². The Bertz CT molecular complexity index is 675. The van der Waals surface area contributed by atoms with Gasteiger partial charge in [0.05, 0.1) is 25.5 Å². The summed E-state index contributed by atoms with van der Waals surface area (Å²) in [5.74, 6) is -0.816. The van der Waals surface area contributed by atoms with Gasteiger partial charge in [-0.25, -0.2) is 4.79 Å². The lowest BCUT2D eigenvalue weighted by atomic mass is 10.2. The van der Waals surface area contributed by atoms with E-state index in [9.17, 15) is 13.2 Å². The van der Waals surface area contributed by atoms with Crippen molar-refractivity contribution in [1.82, 2.24) is 5.32 Å². The van der Waals surface area contributed by atoms with E-state index in [2.05, 4.69) is 5.32 Å². The van der Waals surface area contributed by atoms with E-state index >= 15 is 0 Å². The molecule has 0 aromatic heterocycles. The van der Waals surface area contributed by atoms with Crippen molar-refractivity contribution in [2.75, 3.05) is 19.5 Å². The lowest BCUT2D eigenvalue weighted by Gasteiger charge is -2.24. The van der Waals surface area contributed by atoms with Gasteiger partial charge in [0.25, 0.3) is 10.1 Å². The molecule has 1 aromatic rings. The molecule has 1 aromatic carbocycles. The summed E-state index contributed by atoms with van der Waals surface area (Å²) in [6.45, 7) is 3.48. The number of carbonyl (C=O) groups excluding carboxylic acids is 1. The minimum atomic E-state index is -3.66. The fourth-order valence-electron chi connectivity index (χ4n) is 2.27. The summed E-state index contributed by atoms with van der Waals surface area (Å²) in [6.07, 6.45) is -0.312. The van der Waals surface area contributed by atoms with E-state index < -0.39 is 34.1 Å². The minimum absolute atomic E-state index is 0.0971. The summed E-state index contributed by atoms with van der Waals surface area (Å²) in [5.41, 5.74) is 0.836. The highest BCUT2D eigenvalue weighted by molar-refractivity contribution is 7.85. The molecule has 0 aliphatic carbocycles. The van der Waals surface area contributed by atoms with Crippen LogP contribution in [0, 0.1) is 0 Å². The van der Waals surface area contributed by atoms with Crippen LogP contribution in [-0.2, 0) is 35.1 Å². The van der Waals surface area contributed by atoms with Crippen LogP contribution in [0.1, 0.15) is 19.4 Å². The molecule has 1 saturated heterocycles. The highest BCUT2D eigenvalue weighted by Crippen LogP contribution is 2.24. The van der Waals surface area contributed by atoms with Crippen LogP contribution in [0.3, 0.4) is 0 Å². The third-order valence-electron chi connectivity index (χ3n) is 3.46. The molecule has 2 atom stereocenters. The molecule has 0 radical (unpaired) electrons. The van der Waals surface area contributed by atoms with Crippen LogP contribution in [0.4, 0.5) is 4.79 Å². The third-order valence-corrected chi connectivity index (χ3v) is 4.02. The topological polar surface area (TPSA) is 100 Å². The minimum Gasteiger partial charge on any atom is -0.445 e. The van der Waals surface area contributed by atoms with Gasteiger partial charge in [-0.3, -0.25) is 4.18 Å². The highest BCUT2D eigenvalue weighted by Gasteiger charge is 2.38. The molecule has 1 amide bonds. The molecule has 25 heavy (non-hydrogen) atoms. The number of rotatable bonds is 7. The van der Waals surface area contributed by atoms with E-state index in [1.807, 2.05) is 30.3 Å². The van der Waals surface area contributed by atoms with Crippen molar-refractivity contribution < 1.29 is 31.6 Å². The summed E-state index contributed by atoms with van der Waals surface area (Å²) < 4.78 is 43.6. The first-order valence-corrected chi connectivity index (χ1v) is 9.60. The third kappa shape index (κ3) is 6.99. The van der Waals surface area contributed by atoms with Gasteiger partial charge in [-0.2, -0.15) is 8.42 Å². The Morgan fingerprint density at radius 1 is 1.36 bits per heavy atom. The lowest BCUT2D eigenvalue weighted by molar-refractivity contribution is -0.142. The van der Waals surface area contributed by atoms with Crippen LogP contribution in [0.5, 0.6) is 0 Å². The number of alkyl carbamates (subject to hydrolysis) is 1. The van der Waals surface area contributed by atoms with Gasteiger partial charge in [-0.05, 0) is 19.4 Å². The fraction of sp³-hybridized carbons (Fsp3) is 0.562. The number of carbonyl (C=O) groups is 1. The van der Waals surface area contributed by atoms with Crippen LogP contribution in [-0.4, -0.2) is 51.9 Å². The van der Waals surface area contributed by atoms with E-state index in [4.69, 9.17) is 18.4 Å². The molecule has 0 bridgehead atoms. The summed E-state index contributed by atoms with van der Waals surface area (Å²) >= 11 is 0. The standard InChI is InChI=1S/C16H23NO7S/c1-16(2)22-11-14(24-16)13(10-23-25(3,19)20)17-15(18)21-9-12-7-5-4-6-8-12/h4-8,13-14H,9-11H2,1-3H3,(H,17,18)/t13-,14-/m1/s1. The number of hydrogen-bond donors (Lipinski definition) is 1. The highest BCUT2D eigenvalue weighted by atomic mass is 32.2. The molecule has 140 valence electrons. The number of ether oxygens (including phenoxy) is 3. The molecular weight excluding hydrogens is 350 g/mol. The zero-order valence-corrected chi connectivity index (χ0v) is 15.2. The van der Waals surface area contributed by atoms with Crippen LogP contribution < -0.4 is 5.32 Å². The Morgan fingerprint density at radius 2 is 2.04 bits per heavy atom. The van der Waals surface area contributed by atoms with Crippen LogP contribution in [0.15, 0.2) is 30.3 Å². The molecule has 1 N–H and O–H groups in total. The van der Waals surface area contributed by atoms with E-state index in [0.717, 1.165) is 11.8 Å². The second-order valence-corrected chi connectivity index (χ2v) is 7.81. The number of hydrogen-bond acceptors (Lipinski definition) is 7. The van der Waals surface area contributed by atoms with E-state index in [0.29, 0.717) is 0 Å². The molecule has 1 aliphatic heterocycles. The molecule has 0 saturated carbocycles. The first-order chi connectivity index (χ1) is 11.6. The monoisotopic (exact) mass is 373 g/mol. The smallest absolute Gasteiger partial charge is 0.407 e. The first-order valence-electron chi connectivity index (χ1n) is 7.78. The van der Waals surface area contributed by atoms with Crippen molar-refractivity contribution in [3.63, 3.8) is 0 Å². The number of benzene rings is 1. The molecule has 9 heteroatoms. The van der Waals surface area contributed by atoms with Crippen LogP contribution >= 0.6 is 0 Å². The molecule has 1 fully saturated rings. The Hall–Kier alpha value is -1.68. The van der Waals surface area contributed by atoms with Crippen molar-refractivity contribution in [2.45, 2.75) is 38.4 Å². The summed E-state index contributed by atoms with van der Waals surface area (Å²) in [5, 5.41) is 2.58. The second-order valence-electron chi connectivity index (χ2n) is 6.17. The van der Waals surface area contributed by atoms with Crippen molar-refractivity contribution in [2.24, 2.45) is 0 Å². The largest absolute Gasteiger partial charge is 0.445 e. The van der Waals surface area contributed by atoms with Gasteiger partial charge in [0.15, 0.2) is 5.79 Å². The van der Waals surface area contributed by atoms with Gasteiger partial charge >= 0.3 is 6.09 Å². The van der Waals surface area contributed by atoms with Gasteiger partial charge in [-0.1, -0.05) is 30.3 Å². The van der Waals surface area contributed by atoms with Gasteiger partial charge in [0.1, 0.15) is 12.7 Å². The normalized spacial score (nSPS) is 20.8. The van der Waals surface area contributed by atoms with Gasteiger partial charge < -0.3 is 19.5 Å². The SMILES string of the molecule is CC1(C)OC[C@H]([C@@H](COS(C)(=O)=O)NC(=O)OCc2ccccc2)O1. The first kappa shape index (κ1) is 19.6. The molecule has 0 unspecified atom stereocenters. The van der Waals surface area contributed by atoms with E-state index in [1.54, 1.807) is 13.8 Å². The van der Waals surface area contributed by atoms with Gasteiger partial charge in [-0.15, -0.1) is 0 Å². The van der Waals surface area contributed by atoms with Gasteiger partial charge in [0.2, 0.25) is 0 Å². The molecular formula is C16H23NO7S. The fourth-order valence-corrected chi connectivity index (χ4v) is 2.66. The molecule has 2 rings (SSSR count). The van der Waals surface area contributed by atoms with Crippen molar-refractivity contribution in [3.8, 4) is 0 Å². The lowest BCUT2D eigenvalue weighted by Crippen LogP contribution is -2.48. The Labute approximate surface area is 147 Å². The Balaban J connectivity index is 1.93. The summed E-state index contributed by atoms with van der Waals surface area (Å²) in [4.78, 5) is 12.0. The quantitative estimate of drug-likeness (QED) is 0.721. The number of amides is 1. The van der Waals surface area contributed by atoms with Crippen LogP contribution in [0.2, 0.25) is 0 Å². The molecule has 1 heterocycles. The average molecular weight is 373 g/mol. The second kappa shape index (κ2) is 8.13. The summed E-state index contributed by atoms with van der Waals surface area (Å²) in [6, 6.07) is 8.46. The number of nitrogens with one attached hydrogen (secondary N) is 1.